The maximum atomic E-state index is 4.69. The molecule has 0 atom stereocenters. The van der Waals surface area contributed by atoms with E-state index < -0.39 is 0 Å². The van der Waals surface area contributed by atoms with Gasteiger partial charge in [0.2, 0.25) is 5.69 Å². The Balaban J connectivity index is 0.00000171. The summed E-state index contributed by atoms with van der Waals surface area (Å²) in [6.07, 6.45) is 4.12. The molecule has 0 N–H and O–H groups in total. The van der Waals surface area contributed by atoms with Gasteiger partial charge in [0.1, 0.15) is 0 Å². The Kier molecular flexibility index (Phi) is 3.99. The molecular formula is C25H17BrN2. The van der Waals surface area contributed by atoms with E-state index in [2.05, 4.69) is 89.6 Å². The van der Waals surface area contributed by atoms with Gasteiger partial charge in [0.05, 0.1) is 16.6 Å². The SMILES string of the molecule is [Br-].c1ccc2c(c1)-c1nccc3cc[n+](Cc4ccc5ccccc5c4)c-2c13. The monoisotopic (exact) mass is 424 g/mol. The Morgan fingerprint density at radius 2 is 1.50 bits per heavy atom. The van der Waals surface area contributed by atoms with Crippen LogP contribution in [0, 0.1) is 0 Å². The van der Waals surface area contributed by atoms with Gasteiger partial charge in [-0.25, -0.2) is 0 Å². The largest absolute Gasteiger partial charge is 1.00 e. The van der Waals surface area contributed by atoms with Crippen molar-refractivity contribution in [2.75, 3.05) is 0 Å². The molecule has 3 heteroatoms. The van der Waals surface area contributed by atoms with Gasteiger partial charge in [-0.1, -0.05) is 54.6 Å². The van der Waals surface area contributed by atoms with Crippen LogP contribution in [-0.2, 0) is 6.54 Å². The number of pyridine rings is 2. The molecule has 0 bridgehead atoms. The lowest BCUT2D eigenvalue weighted by molar-refractivity contribution is -0.676. The molecule has 2 aromatic heterocycles. The molecule has 28 heavy (non-hydrogen) atoms. The molecule has 0 saturated heterocycles. The van der Waals surface area contributed by atoms with Gasteiger partial charge < -0.3 is 17.0 Å². The number of benzene rings is 3. The van der Waals surface area contributed by atoms with Crippen LogP contribution in [0.4, 0.5) is 0 Å². The molecule has 0 saturated carbocycles. The Labute approximate surface area is 173 Å². The summed E-state index contributed by atoms with van der Waals surface area (Å²) in [6.45, 7) is 0.846. The van der Waals surface area contributed by atoms with Crippen LogP contribution < -0.4 is 21.5 Å². The summed E-state index contributed by atoms with van der Waals surface area (Å²) in [5.41, 5.74) is 6.20. The lowest BCUT2D eigenvalue weighted by atomic mass is 10.1. The number of aromatic nitrogens is 2. The van der Waals surface area contributed by atoms with E-state index in [1.165, 1.54) is 43.9 Å². The third-order valence-corrected chi connectivity index (χ3v) is 5.55. The minimum atomic E-state index is 0. The fourth-order valence-corrected chi connectivity index (χ4v) is 4.31. The highest BCUT2D eigenvalue weighted by Gasteiger charge is 2.30. The predicted molar refractivity (Wildman–Crippen MR) is 109 cm³/mol. The summed E-state index contributed by atoms with van der Waals surface area (Å²) in [5, 5.41) is 5.09. The molecule has 0 aliphatic heterocycles. The van der Waals surface area contributed by atoms with Crippen LogP contribution >= 0.6 is 0 Å². The number of fused-ring (bicyclic) bond motifs is 4. The maximum absolute atomic E-state index is 4.69. The van der Waals surface area contributed by atoms with Gasteiger partial charge in [0.15, 0.2) is 12.7 Å². The maximum Gasteiger partial charge on any atom is 0.223 e. The Bertz CT molecular complexity index is 1360. The van der Waals surface area contributed by atoms with Crippen molar-refractivity contribution in [2.24, 2.45) is 0 Å². The van der Waals surface area contributed by atoms with Crippen molar-refractivity contribution in [3.8, 4) is 22.5 Å². The van der Waals surface area contributed by atoms with Crippen LogP contribution in [0.15, 0.2) is 91.3 Å². The molecule has 6 rings (SSSR count). The molecule has 3 aromatic carbocycles. The topological polar surface area (TPSA) is 16.8 Å². The van der Waals surface area contributed by atoms with Crippen molar-refractivity contribution in [3.05, 3.63) is 96.8 Å². The number of rotatable bonds is 2. The second kappa shape index (κ2) is 6.54. The third kappa shape index (κ3) is 2.47. The highest BCUT2D eigenvalue weighted by atomic mass is 79.9. The zero-order valence-electron chi connectivity index (χ0n) is 15.1. The highest BCUT2D eigenvalue weighted by molar-refractivity contribution is 6.11. The summed E-state index contributed by atoms with van der Waals surface area (Å²) in [4.78, 5) is 4.69. The van der Waals surface area contributed by atoms with E-state index >= 15 is 0 Å². The first-order valence-corrected chi connectivity index (χ1v) is 9.27. The van der Waals surface area contributed by atoms with Gasteiger partial charge in [-0.05, 0) is 34.4 Å². The van der Waals surface area contributed by atoms with Gasteiger partial charge in [0.25, 0.3) is 0 Å². The average Bonchev–Trinajstić information content (AvgIpc) is 3.07. The Hall–Kier alpha value is -3.04. The van der Waals surface area contributed by atoms with Crippen molar-refractivity contribution >= 4 is 21.5 Å². The molecule has 0 radical (unpaired) electrons. The van der Waals surface area contributed by atoms with E-state index in [1.807, 2.05) is 6.20 Å². The van der Waals surface area contributed by atoms with Crippen molar-refractivity contribution in [3.63, 3.8) is 0 Å². The van der Waals surface area contributed by atoms with Gasteiger partial charge in [-0.2, -0.15) is 4.57 Å². The first-order chi connectivity index (χ1) is 13.4. The lowest BCUT2D eigenvalue weighted by Gasteiger charge is -2.06. The number of halogens is 1. The molecular weight excluding hydrogens is 408 g/mol. The average molecular weight is 425 g/mol. The summed E-state index contributed by atoms with van der Waals surface area (Å²) >= 11 is 0. The highest BCUT2D eigenvalue weighted by Crippen LogP contribution is 2.43. The first-order valence-electron chi connectivity index (χ1n) is 9.27. The minimum Gasteiger partial charge on any atom is -1.00 e. The van der Waals surface area contributed by atoms with E-state index in [0.29, 0.717) is 0 Å². The number of hydrogen-bond donors (Lipinski definition) is 0. The summed E-state index contributed by atoms with van der Waals surface area (Å²) < 4.78 is 2.36. The summed E-state index contributed by atoms with van der Waals surface area (Å²) in [5.74, 6) is 0. The lowest BCUT2D eigenvalue weighted by Crippen LogP contribution is -3.00. The van der Waals surface area contributed by atoms with Crippen LogP contribution in [0.1, 0.15) is 5.56 Å². The Morgan fingerprint density at radius 3 is 2.39 bits per heavy atom. The van der Waals surface area contributed by atoms with Crippen molar-refractivity contribution in [1.29, 1.82) is 0 Å². The van der Waals surface area contributed by atoms with Gasteiger partial charge in [0, 0.05) is 23.4 Å². The van der Waals surface area contributed by atoms with Crippen LogP contribution in [-0.4, -0.2) is 4.98 Å². The molecule has 0 unspecified atom stereocenters. The van der Waals surface area contributed by atoms with Gasteiger partial charge in [-0.3, -0.25) is 4.98 Å². The smallest absolute Gasteiger partial charge is 0.223 e. The van der Waals surface area contributed by atoms with Gasteiger partial charge in [-0.15, -0.1) is 0 Å². The van der Waals surface area contributed by atoms with E-state index in [-0.39, 0.29) is 17.0 Å². The molecule has 1 aliphatic rings. The van der Waals surface area contributed by atoms with Crippen molar-refractivity contribution in [1.82, 2.24) is 4.98 Å². The fraction of sp³-hybridized carbons (Fsp3) is 0.0400. The molecule has 2 heterocycles. The molecule has 1 aliphatic carbocycles. The van der Waals surface area contributed by atoms with E-state index in [0.717, 1.165) is 12.2 Å². The molecule has 0 spiro atoms. The first kappa shape index (κ1) is 17.1. The van der Waals surface area contributed by atoms with Crippen molar-refractivity contribution < 1.29 is 21.5 Å². The molecule has 5 aromatic rings. The zero-order chi connectivity index (χ0) is 17.8. The normalized spacial score (nSPS) is 11.4. The molecule has 134 valence electrons. The predicted octanol–water partition coefficient (Wildman–Crippen LogP) is 2.38. The quantitative estimate of drug-likeness (QED) is 0.390. The second-order valence-corrected chi connectivity index (χ2v) is 7.14. The third-order valence-electron chi connectivity index (χ3n) is 5.55. The van der Waals surface area contributed by atoms with Crippen LogP contribution in [0.3, 0.4) is 0 Å². The van der Waals surface area contributed by atoms with E-state index in [4.69, 9.17) is 4.98 Å². The minimum absolute atomic E-state index is 0. The molecule has 2 nitrogen and oxygen atoms in total. The van der Waals surface area contributed by atoms with Crippen molar-refractivity contribution in [2.45, 2.75) is 6.54 Å². The standard InChI is InChI=1S/C25H17N2.BrH/c1-2-6-20-15-17(9-10-18(20)5-1)16-27-14-12-19-11-13-26-24-21-7-3-4-8-22(21)25(27)23(19)24;/h1-15H,16H2;1H/q+1;/p-1. The van der Waals surface area contributed by atoms with Crippen LogP contribution in [0.2, 0.25) is 0 Å². The van der Waals surface area contributed by atoms with Crippen LogP contribution in [0.5, 0.6) is 0 Å². The fourth-order valence-electron chi connectivity index (χ4n) is 4.31. The molecule has 0 fully saturated rings. The Morgan fingerprint density at radius 1 is 0.714 bits per heavy atom. The van der Waals surface area contributed by atoms with Crippen LogP contribution in [0.25, 0.3) is 44.1 Å². The van der Waals surface area contributed by atoms with E-state index in [1.54, 1.807) is 0 Å². The second-order valence-electron chi connectivity index (χ2n) is 7.14. The van der Waals surface area contributed by atoms with Gasteiger partial charge >= 0.3 is 0 Å². The number of hydrogen-bond acceptors (Lipinski definition) is 1. The summed E-state index contributed by atoms with van der Waals surface area (Å²) in [7, 11) is 0. The molecule has 0 amide bonds. The summed E-state index contributed by atoms with van der Waals surface area (Å²) in [6, 6.07) is 28.2. The zero-order valence-corrected chi connectivity index (χ0v) is 16.7. The van der Waals surface area contributed by atoms with E-state index in [9.17, 15) is 0 Å². The number of nitrogens with zero attached hydrogens (tertiary/aromatic N) is 2.